The summed E-state index contributed by atoms with van der Waals surface area (Å²) in [6.07, 6.45) is 0. The Balaban J connectivity index is 2.75. The lowest BCUT2D eigenvalue weighted by Crippen LogP contribution is -2.16. The average Bonchev–Trinajstić information content (AvgIpc) is 2.06. The largest absolute Gasteiger partial charge is 0.338 e. The summed E-state index contributed by atoms with van der Waals surface area (Å²) in [5.41, 5.74) is 0.0639. The number of carbonyl (C=O) groups excluding carboxylic acids is 1. The van der Waals surface area contributed by atoms with E-state index in [9.17, 15) is 13.6 Å². The molecule has 0 radical (unpaired) electrons. The van der Waals surface area contributed by atoms with Crippen LogP contribution in [0.3, 0.4) is 0 Å². The summed E-state index contributed by atoms with van der Waals surface area (Å²) < 4.78 is 25.4. The van der Waals surface area contributed by atoms with E-state index < -0.39 is 17.0 Å². The van der Waals surface area contributed by atoms with Crippen LogP contribution in [0.2, 0.25) is 0 Å². The minimum Gasteiger partial charge on any atom is -0.338 e. The molecule has 0 spiro atoms. The van der Waals surface area contributed by atoms with E-state index in [4.69, 9.17) is 11.6 Å². The van der Waals surface area contributed by atoms with E-state index in [0.717, 1.165) is 18.2 Å². The van der Waals surface area contributed by atoms with Crippen LogP contribution in [0.15, 0.2) is 18.2 Å². The molecule has 0 aliphatic rings. The fourth-order valence-corrected chi connectivity index (χ4v) is 0.910. The summed E-state index contributed by atoms with van der Waals surface area (Å²) in [5.74, 6) is -1.13. The molecule has 0 aliphatic carbocycles. The lowest BCUT2D eigenvalue weighted by Gasteiger charge is -2.02. The minimum absolute atomic E-state index is 0.0639. The minimum atomic E-state index is -0.802. The summed E-state index contributed by atoms with van der Waals surface area (Å²) in [4.78, 5) is 10.3. The van der Waals surface area contributed by atoms with Gasteiger partial charge in [-0.2, -0.15) is 0 Å². The maximum absolute atomic E-state index is 12.9. The quantitative estimate of drug-likeness (QED) is 0.583. The highest BCUT2D eigenvalue weighted by Gasteiger charge is 2.04. The van der Waals surface area contributed by atoms with Crippen LogP contribution in [0.5, 0.6) is 0 Å². The molecule has 0 saturated heterocycles. The Morgan fingerprint density at radius 3 is 2.77 bits per heavy atom. The number of hydrogen-bond donors (Lipinski definition) is 1. The van der Waals surface area contributed by atoms with Crippen molar-refractivity contribution >= 4 is 17.0 Å². The van der Waals surface area contributed by atoms with Gasteiger partial charge >= 0.3 is 5.37 Å². The highest BCUT2D eigenvalue weighted by molar-refractivity contribution is 6.62. The number of carbonyl (C=O) groups is 1. The van der Waals surface area contributed by atoms with Crippen LogP contribution in [0.1, 0.15) is 5.56 Å². The molecule has 0 unspecified atom stereocenters. The molecule has 0 atom stereocenters. The SMILES string of the molecule is O=C(Cl)NCc1cc(F)ccc1F. The summed E-state index contributed by atoms with van der Waals surface area (Å²) >= 11 is 4.95. The second kappa shape index (κ2) is 4.18. The van der Waals surface area contributed by atoms with Crippen LogP contribution < -0.4 is 5.32 Å². The summed E-state index contributed by atoms with van der Waals surface area (Å²) in [7, 11) is 0. The van der Waals surface area contributed by atoms with Gasteiger partial charge in [0.1, 0.15) is 11.6 Å². The van der Waals surface area contributed by atoms with E-state index >= 15 is 0 Å². The second-order valence-electron chi connectivity index (χ2n) is 2.36. The molecule has 1 aromatic carbocycles. The smallest absolute Gasteiger partial charge is 0.314 e. The van der Waals surface area contributed by atoms with Gasteiger partial charge in [0.25, 0.3) is 0 Å². The van der Waals surface area contributed by atoms with E-state index in [1.54, 1.807) is 0 Å². The summed E-state index contributed by atoms with van der Waals surface area (Å²) in [6.45, 7) is -0.119. The van der Waals surface area contributed by atoms with E-state index in [1.807, 2.05) is 0 Å². The fourth-order valence-electron chi connectivity index (χ4n) is 0.844. The molecule has 0 aromatic heterocycles. The lowest BCUT2D eigenvalue weighted by atomic mass is 10.2. The highest BCUT2D eigenvalue weighted by Crippen LogP contribution is 2.09. The van der Waals surface area contributed by atoms with Gasteiger partial charge in [-0.25, -0.2) is 8.78 Å². The molecular weight excluding hydrogens is 200 g/mol. The Bertz CT molecular complexity index is 330. The zero-order chi connectivity index (χ0) is 9.84. The first-order chi connectivity index (χ1) is 6.09. The predicted octanol–water partition coefficient (Wildman–Crippen LogP) is 2.41. The van der Waals surface area contributed by atoms with E-state index in [-0.39, 0.29) is 12.1 Å². The summed E-state index contributed by atoms with van der Waals surface area (Å²) in [6, 6.07) is 2.99. The van der Waals surface area contributed by atoms with E-state index in [1.165, 1.54) is 0 Å². The first-order valence-electron chi connectivity index (χ1n) is 3.47. The first kappa shape index (κ1) is 9.92. The molecule has 0 fully saturated rings. The molecule has 1 aromatic rings. The normalized spacial score (nSPS) is 9.77. The second-order valence-corrected chi connectivity index (χ2v) is 2.71. The van der Waals surface area contributed by atoms with Gasteiger partial charge in [-0.1, -0.05) is 0 Å². The van der Waals surface area contributed by atoms with Gasteiger partial charge in [-0.15, -0.1) is 0 Å². The molecule has 0 heterocycles. The number of hydrogen-bond acceptors (Lipinski definition) is 1. The van der Waals surface area contributed by atoms with Gasteiger partial charge in [0.2, 0.25) is 0 Å². The van der Waals surface area contributed by atoms with Crippen molar-refractivity contribution in [2.75, 3.05) is 0 Å². The van der Waals surface area contributed by atoms with E-state index in [2.05, 4.69) is 5.32 Å². The number of rotatable bonds is 2. The topological polar surface area (TPSA) is 29.1 Å². The molecule has 1 N–H and O–H groups in total. The van der Waals surface area contributed by atoms with Crippen LogP contribution >= 0.6 is 11.6 Å². The average molecular weight is 206 g/mol. The maximum atomic E-state index is 12.9. The van der Waals surface area contributed by atoms with Gasteiger partial charge in [-0.05, 0) is 29.8 Å². The Morgan fingerprint density at radius 1 is 1.46 bits per heavy atom. The van der Waals surface area contributed by atoms with Crippen molar-refractivity contribution in [1.82, 2.24) is 5.32 Å². The van der Waals surface area contributed by atoms with Crippen molar-refractivity contribution in [3.8, 4) is 0 Å². The molecule has 70 valence electrons. The van der Waals surface area contributed by atoms with Crippen molar-refractivity contribution in [1.29, 1.82) is 0 Å². The van der Waals surface area contributed by atoms with Crippen molar-refractivity contribution < 1.29 is 13.6 Å². The Kier molecular flexibility index (Phi) is 3.19. The number of amides is 1. The van der Waals surface area contributed by atoms with Crippen molar-refractivity contribution in [3.05, 3.63) is 35.4 Å². The first-order valence-corrected chi connectivity index (χ1v) is 3.84. The molecule has 2 nitrogen and oxygen atoms in total. The Labute approximate surface area is 78.5 Å². The number of nitrogens with one attached hydrogen (secondary N) is 1. The standard InChI is InChI=1S/C8H6ClF2NO/c9-8(13)12-4-5-3-6(10)1-2-7(5)11/h1-3H,4H2,(H,12,13). The van der Waals surface area contributed by atoms with E-state index in [0.29, 0.717) is 0 Å². The third-order valence-corrected chi connectivity index (χ3v) is 1.56. The molecule has 0 aliphatic heterocycles. The monoisotopic (exact) mass is 205 g/mol. The summed E-state index contributed by atoms with van der Waals surface area (Å²) in [5, 5.41) is 1.35. The number of benzene rings is 1. The van der Waals surface area contributed by atoms with Gasteiger partial charge in [0, 0.05) is 12.1 Å². The van der Waals surface area contributed by atoms with Crippen LogP contribution in [-0.4, -0.2) is 5.37 Å². The highest BCUT2D eigenvalue weighted by atomic mass is 35.5. The zero-order valence-electron chi connectivity index (χ0n) is 6.48. The number of halogens is 3. The van der Waals surface area contributed by atoms with Gasteiger partial charge in [-0.3, -0.25) is 4.79 Å². The molecule has 1 amide bonds. The Hall–Kier alpha value is -1.16. The maximum Gasteiger partial charge on any atom is 0.314 e. The molecule has 13 heavy (non-hydrogen) atoms. The van der Waals surface area contributed by atoms with Crippen LogP contribution in [0.4, 0.5) is 13.6 Å². The van der Waals surface area contributed by atoms with Crippen LogP contribution in [-0.2, 0) is 6.54 Å². The van der Waals surface area contributed by atoms with Crippen LogP contribution in [0, 0.1) is 11.6 Å². The third kappa shape index (κ3) is 2.99. The lowest BCUT2D eigenvalue weighted by molar-refractivity contribution is 0.259. The van der Waals surface area contributed by atoms with Crippen molar-refractivity contribution in [2.45, 2.75) is 6.54 Å². The molecule has 0 bridgehead atoms. The fraction of sp³-hybridized carbons (Fsp3) is 0.125. The molecule has 1 rings (SSSR count). The molecule has 5 heteroatoms. The third-order valence-electron chi connectivity index (χ3n) is 1.43. The van der Waals surface area contributed by atoms with Gasteiger partial charge in [0.05, 0.1) is 0 Å². The van der Waals surface area contributed by atoms with Gasteiger partial charge < -0.3 is 5.32 Å². The predicted molar refractivity (Wildman–Crippen MR) is 44.4 cm³/mol. The van der Waals surface area contributed by atoms with Crippen molar-refractivity contribution in [3.63, 3.8) is 0 Å². The van der Waals surface area contributed by atoms with Gasteiger partial charge in [0.15, 0.2) is 0 Å². The Morgan fingerprint density at radius 2 is 2.15 bits per heavy atom. The molecule has 0 saturated carbocycles. The van der Waals surface area contributed by atoms with Crippen molar-refractivity contribution in [2.24, 2.45) is 0 Å². The van der Waals surface area contributed by atoms with Crippen LogP contribution in [0.25, 0.3) is 0 Å². The zero-order valence-corrected chi connectivity index (χ0v) is 7.24. The molecular formula is C8H6ClF2NO.